The van der Waals surface area contributed by atoms with Gasteiger partial charge in [-0.15, -0.1) is 0 Å². The minimum Gasteiger partial charge on any atom is -0.326 e. The number of rotatable bonds is 7. The highest BCUT2D eigenvalue weighted by Crippen LogP contribution is 2.27. The first kappa shape index (κ1) is 23.8. The van der Waals surface area contributed by atoms with Crippen LogP contribution in [0.1, 0.15) is 37.3 Å². The van der Waals surface area contributed by atoms with E-state index in [9.17, 15) is 21.6 Å². The maximum atomic E-state index is 12.9. The van der Waals surface area contributed by atoms with Crippen LogP contribution in [0.25, 0.3) is 0 Å². The number of hydrogen-bond acceptors (Lipinski definition) is 5. The van der Waals surface area contributed by atoms with E-state index in [1.807, 2.05) is 13.8 Å². The molecule has 0 aliphatic carbocycles. The summed E-state index contributed by atoms with van der Waals surface area (Å²) < 4.78 is 52.2. The SMILES string of the molecule is CCCS(=O)(=O)N1CCCC(C(=O)Nc2cc(S(=O)(=O)N(C)C)cc(C)c2C)C1. The molecule has 0 aromatic heterocycles. The molecule has 1 heterocycles. The summed E-state index contributed by atoms with van der Waals surface area (Å²) in [6.07, 6.45) is 1.74. The van der Waals surface area contributed by atoms with Gasteiger partial charge in [-0.2, -0.15) is 0 Å². The Kier molecular flexibility index (Phi) is 7.47. The molecular weight excluding hydrogens is 414 g/mol. The van der Waals surface area contributed by atoms with Gasteiger partial charge in [-0.25, -0.2) is 25.4 Å². The molecule has 1 saturated heterocycles. The van der Waals surface area contributed by atoms with Crippen LogP contribution in [0.2, 0.25) is 0 Å². The summed E-state index contributed by atoms with van der Waals surface area (Å²) in [5, 5.41) is 2.83. The zero-order valence-corrected chi connectivity index (χ0v) is 19.4. The highest BCUT2D eigenvalue weighted by molar-refractivity contribution is 7.89. The monoisotopic (exact) mass is 445 g/mol. The Labute approximate surface area is 174 Å². The third-order valence-corrected chi connectivity index (χ3v) is 9.12. The zero-order chi connectivity index (χ0) is 22.0. The van der Waals surface area contributed by atoms with Crippen LogP contribution in [0.5, 0.6) is 0 Å². The summed E-state index contributed by atoms with van der Waals surface area (Å²) in [5.74, 6) is -0.683. The van der Waals surface area contributed by atoms with Gasteiger partial charge in [0, 0.05) is 32.9 Å². The van der Waals surface area contributed by atoms with Crippen molar-refractivity contribution in [2.24, 2.45) is 5.92 Å². The number of benzene rings is 1. The van der Waals surface area contributed by atoms with E-state index in [-0.39, 0.29) is 23.1 Å². The smallest absolute Gasteiger partial charge is 0.242 e. The summed E-state index contributed by atoms with van der Waals surface area (Å²) >= 11 is 0. The molecule has 1 aromatic rings. The van der Waals surface area contributed by atoms with Crippen LogP contribution < -0.4 is 5.32 Å². The summed E-state index contributed by atoms with van der Waals surface area (Å²) in [6, 6.07) is 3.05. The van der Waals surface area contributed by atoms with E-state index >= 15 is 0 Å². The molecule has 1 aliphatic heterocycles. The highest BCUT2D eigenvalue weighted by Gasteiger charge is 2.32. The van der Waals surface area contributed by atoms with Gasteiger partial charge in [-0.05, 0) is 56.4 Å². The topological polar surface area (TPSA) is 104 Å². The minimum absolute atomic E-state index is 0.0735. The third-order valence-electron chi connectivity index (χ3n) is 5.29. The van der Waals surface area contributed by atoms with E-state index < -0.39 is 26.0 Å². The number of hydrogen-bond donors (Lipinski definition) is 1. The van der Waals surface area contributed by atoms with Crippen LogP contribution in [0.4, 0.5) is 5.69 Å². The highest BCUT2D eigenvalue weighted by atomic mass is 32.2. The number of carbonyl (C=O) groups excluding carboxylic acids is 1. The van der Waals surface area contributed by atoms with Crippen molar-refractivity contribution in [1.82, 2.24) is 8.61 Å². The Hall–Kier alpha value is -1.49. The predicted octanol–water partition coefficient (Wildman–Crippen LogP) is 1.94. The van der Waals surface area contributed by atoms with Gasteiger partial charge in [0.2, 0.25) is 26.0 Å². The lowest BCUT2D eigenvalue weighted by molar-refractivity contribution is -0.120. The normalized spacial score (nSPS) is 18.8. The average Bonchev–Trinajstić information content (AvgIpc) is 2.65. The van der Waals surface area contributed by atoms with E-state index in [1.54, 1.807) is 13.0 Å². The van der Waals surface area contributed by atoms with Crippen LogP contribution in [0, 0.1) is 19.8 Å². The molecule has 8 nitrogen and oxygen atoms in total. The lowest BCUT2D eigenvalue weighted by atomic mass is 9.98. The molecule has 164 valence electrons. The predicted molar refractivity (Wildman–Crippen MR) is 114 cm³/mol. The van der Waals surface area contributed by atoms with Gasteiger partial charge in [0.05, 0.1) is 16.6 Å². The van der Waals surface area contributed by atoms with Gasteiger partial charge in [-0.3, -0.25) is 4.79 Å². The van der Waals surface area contributed by atoms with Crippen molar-refractivity contribution >= 4 is 31.6 Å². The minimum atomic E-state index is -3.64. The van der Waals surface area contributed by atoms with Gasteiger partial charge < -0.3 is 5.32 Å². The Morgan fingerprint density at radius 1 is 1.21 bits per heavy atom. The van der Waals surface area contributed by atoms with Crippen LogP contribution in [0.15, 0.2) is 17.0 Å². The van der Waals surface area contributed by atoms with Crippen molar-refractivity contribution in [3.05, 3.63) is 23.3 Å². The second-order valence-electron chi connectivity index (χ2n) is 7.70. The lowest BCUT2D eigenvalue weighted by Gasteiger charge is -2.31. The molecule has 1 fully saturated rings. The van der Waals surface area contributed by atoms with Crippen LogP contribution in [-0.4, -0.2) is 64.3 Å². The van der Waals surface area contributed by atoms with Crippen molar-refractivity contribution in [3.63, 3.8) is 0 Å². The molecule has 0 bridgehead atoms. The maximum absolute atomic E-state index is 12.9. The number of nitrogens with one attached hydrogen (secondary N) is 1. The Balaban J connectivity index is 2.25. The second-order valence-corrected chi connectivity index (χ2v) is 11.9. The first-order chi connectivity index (χ1) is 13.4. The van der Waals surface area contributed by atoms with E-state index in [0.29, 0.717) is 31.5 Å². The zero-order valence-electron chi connectivity index (χ0n) is 17.7. The third kappa shape index (κ3) is 5.36. The summed E-state index contributed by atoms with van der Waals surface area (Å²) in [7, 11) is -4.08. The van der Waals surface area contributed by atoms with Crippen molar-refractivity contribution in [3.8, 4) is 0 Å². The number of sulfonamides is 2. The average molecular weight is 446 g/mol. The number of piperidine rings is 1. The lowest BCUT2D eigenvalue weighted by Crippen LogP contribution is -2.44. The Bertz CT molecular complexity index is 972. The van der Waals surface area contributed by atoms with Crippen LogP contribution >= 0.6 is 0 Å². The molecule has 0 radical (unpaired) electrons. The summed E-state index contributed by atoms with van der Waals surface area (Å²) in [4.78, 5) is 13.0. The first-order valence-corrected chi connectivity index (χ1v) is 12.8. The number of nitrogens with zero attached hydrogens (tertiary/aromatic N) is 2. The fourth-order valence-electron chi connectivity index (χ4n) is 3.35. The number of amides is 1. The van der Waals surface area contributed by atoms with E-state index in [2.05, 4.69) is 5.32 Å². The Morgan fingerprint density at radius 3 is 2.45 bits per heavy atom. The van der Waals surface area contributed by atoms with Gasteiger partial charge in [-0.1, -0.05) is 6.92 Å². The largest absolute Gasteiger partial charge is 0.326 e. The molecule has 29 heavy (non-hydrogen) atoms. The van der Waals surface area contributed by atoms with Crippen LogP contribution in [-0.2, 0) is 24.8 Å². The maximum Gasteiger partial charge on any atom is 0.242 e. The van der Waals surface area contributed by atoms with Gasteiger partial charge in [0.15, 0.2) is 0 Å². The summed E-state index contributed by atoms with van der Waals surface area (Å²) in [6.45, 7) is 6.00. The van der Waals surface area contributed by atoms with Crippen molar-refractivity contribution < 1.29 is 21.6 Å². The molecule has 1 atom stereocenters. The quantitative estimate of drug-likeness (QED) is 0.691. The number of carbonyl (C=O) groups is 1. The Morgan fingerprint density at radius 2 is 1.86 bits per heavy atom. The second kappa shape index (κ2) is 9.11. The van der Waals surface area contributed by atoms with E-state index in [0.717, 1.165) is 15.4 Å². The van der Waals surface area contributed by atoms with Crippen LogP contribution in [0.3, 0.4) is 0 Å². The van der Waals surface area contributed by atoms with Gasteiger partial charge >= 0.3 is 0 Å². The molecule has 1 N–H and O–H groups in total. The molecule has 10 heteroatoms. The van der Waals surface area contributed by atoms with Crippen molar-refractivity contribution in [1.29, 1.82) is 0 Å². The van der Waals surface area contributed by atoms with Gasteiger partial charge in [0.1, 0.15) is 0 Å². The fraction of sp³-hybridized carbons (Fsp3) is 0.632. The molecule has 1 amide bonds. The molecule has 0 saturated carbocycles. The van der Waals surface area contributed by atoms with E-state index in [4.69, 9.17) is 0 Å². The number of anilines is 1. The molecule has 1 unspecified atom stereocenters. The molecule has 0 spiro atoms. The number of aryl methyl sites for hydroxylation is 1. The molecular formula is C19H31N3O5S2. The standard InChI is InChI=1S/C19H31N3O5S2/c1-6-10-28(24,25)22-9-7-8-16(13-22)19(23)20-18-12-17(11-14(2)15(18)3)29(26,27)21(4)5/h11-12,16H,6-10,13H2,1-5H3,(H,20,23). The molecule has 2 rings (SSSR count). The first-order valence-electron chi connectivity index (χ1n) is 9.72. The van der Waals surface area contributed by atoms with Crippen molar-refractivity contribution in [2.75, 3.05) is 38.3 Å². The fourth-order valence-corrected chi connectivity index (χ4v) is 5.95. The van der Waals surface area contributed by atoms with E-state index in [1.165, 1.54) is 24.5 Å². The van der Waals surface area contributed by atoms with Gasteiger partial charge in [0.25, 0.3) is 0 Å². The molecule has 1 aliphatic rings. The summed E-state index contributed by atoms with van der Waals surface area (Å²) in [5.41, 5.74) is 1.96. The van der Waals surface area contributed by atoms with Crippen molar-refractivity contribution in [2.45, 2.75) is 44.9 Å². The molecule has 1 aromatic carbocycles.